The highest BCUT2D eigenvalue weighted by atomic mass is 19.4. The molecule has 4 aromatic carbocycles. The van der Waals surface area contributed by atoms with Crippen molar-refractivity contribution in [1.82, 2.24) is 5.32 Å². The summed E-state index contributed by atoms with van der Waals surface area (Å²) in [5.41, 5.74) is 7.76. The van der Waals surface area contributed by atoms with E-state index in [0.29, 0.717) is 29.7 Å². The van der Waals surface area contributed by atoms with E-state index in [9.17, 15) is 27.6 Å². The maximum Gasteiger partial charge on any atom is 0.573 e. The van der Waals surface area contributed by atoms with E-state index >= 15 is 0 Å². The molecule has 2 amide bonds. The normalized spacial score (nSPS) is 12.6. The van der Waals surface area contributed by atoms with Crippen LogP contribution in [0.4, 0.5) is 18.9 Å². The number of carbonyl (C=O) groups is 3. The van der Waals surface area contributed by atoms with E-state index in [1.807, 2.05) is 31.2 Å². The Morgan fingerprint density at radius 3 is 1.96 bits per heavy atom. The van der Waals surface area contributed by atoms with Gasteiger partial charge in [-0.25, -0.2) is 0 Å². The minimum absolute atomic E-state index is 0.0180. The summed E-state index contributed by atoms with van der Waals surface area (Å²) in [6, 6.07) is 23.8. The van der Waals surface area contributed by atoms with Gasteiger partial charge >= 0.3 is 12.3 Å². The minimum Gasteiger partial charge on any atom is -0.481 e. The highest BCUT2D eigenvalue weighted by Gasteiger charge is 2.33. The molecule has 4 rings (SSSR count). The topological polar surface area (TPSA) is 105 Å². The molecule has 7 nitrogen and oxygen atoms in total. The molecule has 4 aromatic rings. The van der Waals surface area contributed by atoms with Crippen LogP contribution in [0.3, 0.4) is 0 Å². The first-order valence-electron chi connectivity index (χ1n) is 15.7. The lowest BCUT2D eigenvalue weighted by molar-refractivity contribution is -0.274. The molecule has 0 spiro atoms. The van der Waals surface area contributed by atoms with Gasteiger partial charge in [-0.15, -0.1) is 13.2 Å². The van der Waals surface area contributed by atoms with Crippen molar-refractivity contribution >= 4 is 23.5 Å². The minimum atomic E-state index is -4.85. The average molecular weight is 661 g/mol. The van der Waals surface area contributed by atoms with Crippen LogP contribution in [0.15, 0.2) is 84.9 Å². The third kappa shape index (κ3) is 9.47. The summed E-state index contributed by atoms with van der Waals surface area (Å²) in [6.45, 7) is 8.13. The van der Waals surface area contributed by atoms with E-state index < -0.39 is 35.8 Å². The van der Waals surface area contributed by atoms with Gasteiger partial charge in [-0.05, 0) is 103 Å². The summed E-state index contributed by atoms with van der Waals surface area (Å²) in [5.74, 6) is -3.39. The summed E-state index contributed by atoms with van der Waals surface area (Å²) in [7, 11) is 0. The molecule has 0 radical (unpaired) electrons. The second-order valence-corrected chi connectivity index (χ2v) is 11.9. The second-order valence-electron chi connectivity index (χ2n) is 11.9. The molecule has 0 unspecified atom stereocenters. The van der Waals surface area contributed by atoms with Crippen LogP contribution in [0.5, 0.6) is 5.75 Å². The smallest absolute Gasteiger partial charge is 0.481 e. The molecule has 10 heteroatoms. The fourth-order valence-electron chi connectivity index (χ4n) is 6.12. The number of amides is 2. The molecule has 0 fully saturated rings. The van der Waals surface area contributed by atoms with E-state index in [2.05, 4.69) is 48.3 Å². The van der Waals surface area contributed by atoms with Crippen LogP contribution >= 0.6 is 0 Å². The van der Waals surface area contributed by atoms with Gasteiger partial charge in [0.05, 0.1) is 12.3 Å². The first-order chi connectivity index (χ1) is 22.8. The van der Waals surface area contributed by atoms with Crippen LogP contribution < -0.4 is 15.4 Å². The van der Waals surface area contributed by atoms with Gasteiger partial charge in [0.25, 0.3) is 5.91 Å². The standard InChI is InChI=1S/C38H39F3N2O5/c1-5-6-32(26-7-9-29(10-8-26)36(46)42-20-19-33(44)45)35(28-13-17-31(18-14-28)48-38(39,40)41)37(47)43-30-15-11-27(12-16-30)34-24(3)21-23(2)22-25(34)4/h7-18,21-22,32,35H,5-6,19-20H2,1-4H3,(H,42,46)(H,43,47)(H,44,45)/t32-,35-/m1/s1. The Bertz CT molecular complexity index is 1710. The fourth-order valence-corrected chi connectivity index (χ4v) is 6.12. The molecule has 0 saturated heterocycles. The molecule has 0 heterocycles. The zero-order chi connectivity index (χ0) is 35.0. The number of ether oxygens (including phenoxy) is 1. The van der Waals surface area contributed by atoms with Gasteiger partial charge in [-0.3, -0.25) is 14.4 Å². The Morgan fingerprint density at radius 1 is 0.833 bits per heavy atom. The number of halogens is 3. The maximum atomic E-state index is 14.1. The highest BCUT2D eigenvalue weighted by molar-refractivity contribution is 5.97. The SMILES string of the molecule is CCC[C@H](c1ccc(C(=O)NCCC(=O)O)cc1)[C@H](C(=O)Nc1ccc(-c2c(C)cc(C)cc2C)cc1)c1ccc(OC(F)(F)F)cc1. The predicted molar refractivity (Wildman–Crippen MR) is 179 cm³/mol. The van der Waals surface area contributed by atoms with Crippen LogP contribution in [0.1, 0.15) is 76.2 Å². The van der Waals surface area contributed by atoms with Gasteiger partial charge in [0, 0.05) is 17.8 Å². The number of rotatable bonds is 13. The zero-order valence-electron chi connectivity index (χ0n) is 27.3. The van der Waals surface area contributed by atoms with Crippen LogP contribution in [0.25, 0.3) is 11.1 Å². The maximum absolute atomic E-state index is 14.1. The Morgan fingerprint density at radius 2 is 1.42 bits per heavy atom. The van der Waals surface area contributed by atoms with Crippen LogP contribution in [0.2, 0.25) is 0 Å². The first-order valence-corrected chi connectivity index (χ1v) is 15.7. The second kappa shape index (κ2) is 15.6. The summed E-state index contributed by atoms with van der Waals surface area (Å²) in [4.78, 5) is 37.5. The van der Waals surface area contributed by atoms with Crippen molar-refractivity contribution in [3.8, 4) is 16.9 Å². The van der Waals surface area contributed by atoms with Crippen molar-refractivity contribution in [1.29, 1.82) is 0 Å². The molecule has 252 valence electrons. The van der Waals surface area contributed by atoms with Crippen LogP contribution in [-0.4, -0.2) is 35.8 Å². The number of carboxylic acid groups (broad SMARTS) is 1. The van der Waals surface area contributed by atoms with Gasteiger partial charge in [-0.1, -0.05) is 67.4 Å². The number of hydrogen-bond donors (Lipinski definition) is 3. The Hall–Kier alpha value is -5.12. The number of aliphatic carboxylic acids is 1. The molecule has 48 heavy (non-hydrogen) atoms. The van der Waals surface area contributed by atoms with Gasteiger partial charge < -0.3 is 20.5 Å². The number of hydrogen-bond acceptors (Lipinski definition) is 4. The Labute approximate surface area is 278 Å². The molecule has 0 aliphatic carbocycles. The lowest BCUT2D eigenvalue weighted by atomic mass is 9.78. The summed E-state index contributed by atoms with van der Waals surface area (Å²) >= 11 is 0. The highest BCUT2D eigenvalue weighted by Crippen LogP contribution is 2.39. The quantitative estimate of drug-likeness (QED) is 0.133. The van der Waals surface area contributed by atoms with Gasteiger partial charge in [0.1, 0.15) is 5.75 Å². The summed E-state index contributed by atoms with van der Waals surface area (Å²) in [5, 5.41) is 14.4. The molecule has 0 aromatic heterocycles. The summed E-state index contributed by atoms with van der Waals surface area (Å²) < 4.78 is 42.7. The van der Waals surface area contributed by atoms with Crippen LogP contribution in [-0.2, 0) is 9.59 Å². The molecule has 0 aliphatic rings. The number of anilines is 1. The number of nitrogens with one attached hydrogen (secondary N) is 2. The van der Waals surface area contributed by atoms with E-state index in [0.717, 1.165) is 27.8 Å². The van der Waals surface area contributed by atoms with Gasteiger partial charge in [0.2, 0.25) is 5.91 Å². The number of aryl methyl sites for hydroxylation is 3. The van der Waals surface area contributed by atoms with Crippen molar-refractivity contribution in [2.75, 3.05) is 11.9 Å². The number of carbonyl (C=O) groups excluding carboxylic acids is 2. The Kier molecular flexibility index (Phi) is 11.6. The number of alkyl halides is 3. The van der Waals surface area contributed by atoms with Crippen molar-refractivity contribution < 1.29 is 37.4 Å². The molecule has 0 aliphatic heterocycles. The van der Waals surface area contributed by atoms with Crippen LogP contribution in [0, 0.1) is 20.8 Å². The zero-order valence-corrected chi connectivity index (χ0v) is 27.3. The Balaban J connectivity index is 1.65. The third-order valence-corrected chi connectivity index (χ3v) is 8.10. The summed E-state index contributed by atoms with van der Waals surface area (Å²) in [6.07, 6.45) is -3.80. The molecular formula is C38H39F3N2O5. The van der Waals surface area contributed by atoms with Crippen molar-refractivity contribution in [3.63, 3.8) is 0 Å². The largest absolute Gasteiger partial charge is 0.573 e. The number of benzene rings is 4. The van der Waals surface area contributed by atoms with E-state index in [1.54, 1.807) is 24.3 Å². The number of carboxylic acids is 1. The average Bonchev–Trinajstić information content (AvgIpc) is 3.01. The fraction of sp³-hybridized carbons (Fsp3) is 0.289. The lowest BCUT2D eigenvalue weighted by Crippen LogP contribution is -2.27. The van der Waals surface area contributed by atoms with Crippen molar-refractivity contribution in [2.45, 2.75) is 65.2 Å². The van der Waals surface area contributed by atoms with E-state index in [4.69, 9.17) is 5.11 Å². The van der Waals surface area contributed by atoms with E-state index in [1.165, 1.54) is 29.8 Å². The monoisotopic (exact) mass is 660 g/mol. The first kappa shape index (κ1) is 35.7. The predicted octanol–water partition coefficient (Wildman–Crippen LogP) is 8.69. The van der Waals surface area contributed by atoms with Gasteiger partial charge in [-0.2, -0.15) is 0 Å². The van der Waals surface area contributed by atoms with Crippen molar-refractivity contribution in [3.05, 3.63) is 118 Å². The molecular weight excluding hydrogens is 621 g/mol. The van der Waals surface area contributed by atoms with Crippen molar-refractivity contribution in [2.24, 2.45) is 0 Å². The lowest BCUT2D eigenvalue weighted by Gasteiger charge is -2.28. The molecule has 3 N–H and O–H groups in total. The van der Waals surface area contributed by atoms with E-state index in [-0.39, 0.29) is 18.9 Å². The van der Waals surface area contributed by atoms with Gasteiger partial charge in [0.15, 0.2) is 0 Å². The molecule has 0 bridgehead atoms. The molecule has 0 saturated carbocycles. The molecule has 2 atom stereocenters. The third-order valence-electron chi connectivity index (χ3n) is 8.10.